The van der Waals surface area contributed by atoms with Gasteiger partial charge in [-0.25, -0.2) is 0 Å². The van der Waals surface area contributed by atoms with Gasteiger partial charge in [0, 0.05) is 12.8 Å². The topological polar surface area (TPSA) is 317 Å². The van der Waals surface area contributed by atoms with Crippen LogP contribution in [0.15, 0.2) is 11.6 Å². The molecule has 0 aromatic rings. The summed E-state index contributed by atoms with van der Waals surface area (Å²) in [5.74, 6) is 0.262. The molecule has 4 saturated heterocycles. The molecule has 8 aliphatic rings. The van der Waals surface area contributed by atoms with Crippen LogP contribution >= 0.6 is 0 Å². The van der Waals surface area contributed by atoms with Crippen LogP contribution in [0, 0.1) is 45.8 Å². The van der Waals surface area contributed by atoms with Crippen molar-refractivity contribution in [3.05, 3.63) is 11.6 Å². The SMILES string of the molecule is CC(C)=CCCC(O[C@@H]1OC(CO[C@H]2O[C@H](CO)C(O)C2O)[C@@H](O)C(O)C1O)C1CCC2C1[C@H](O)CC1[C@@]2(C)CCC2C(C)(C)[C@@H](O[C@@H]3OC(CO)[C@@H](O)CC3O[C@@H]3OC(CO)C(O)CC3O)CC[C@@]21C. The molecule has 410 valence electrons. The molecule has 4 aliphatic heterocycles. The Labute approximate surface area is 417 Å². The zero-order chi connectivity index (χ0) is 51.5. The van der Waals surface area contributed by atoms with Gasteiger partial charge in [-0.1, -0.05) is 39.3 Å². The van der Waals surface area contributed by atoms with Crippen molar-refractivity contribution in [2.24, 2.45) is 45.8 Å². The Morgan fingerprint density at radius 2 is 1.18 bits per heavy atom. The zero-order valence-corrected chi connectivity index (χ0v) is 42.3. The molecule has 8 rings (SSSR count). The van der Waals surface area contributed by atoms with Crippen LogP contribution in [0.3, 0.4) is 0 Å². The van der Waals surface area contributed by atoms with Gasteiger partial charge in [0.15, 0.2) is 25.2 Å². The third kappa shape index (κ3) is 10.8. The van der Waals surface area contributed by atoms with E-state index in [4.69, 9.17) is 37.9 Å². The fourth-order valence-corrected chi connectivity index (χ4v) is 15.2. The summed E-state index contributed by atoms with van der Waals surface area (Å²) in [4.78, 5) is 0. The van der Waals surface area contributed by atoms with Gasteiger partial charge < -0.3 is 99.2 Å². The fraction of sp³-hybridized carbons (Fsp3) is 0.961. The first-order valence-electron chi connectivity index (χ1n) is 26.4. The molecular weight excluding hydrogens is 933 g/mol. The van der Waals surface area contributed by atoms with Crippen LogP contribution in [0.25, 0.3) is 0 Å². The molecule has 0 aromatic carbocycles. The molecule has 71 heavy (non-hydrogen) atoms. The number of ether oxygens (including phenoxy) is 8. The van der Waals surface area contributed by atoms with Crippen LogP contribution in [0.4, 0.5) is 0 Å². The summed E-state index contributed by atoms with van der Waals surface area (Å²) in [6.45, 7) is 11.4. The van der Waals surface area contributed by atoms with Crippen molar-refractivity contribution in [1.29, 1.82) is 0 Å². The van der Waals surface area contributed by atoms with Crippen molar-refractivity contribution in [3.63, 3.8) is 0 Å². The Morgan fingerprint density at radius 1 is 0.577 bits per heavy atom. The van der Waals surface area contributed by atoms with Gasteiger partial charge in [-0.2, -0.15) is 0 Å². The Morgan fingerprint density at radius 3 is 1.85 bits per heavy atom. The number of hydrogen-bond donors (Lipinski definition) is 12. The second kappa shape index (κ2) is 22.5. The number of aliphatic hydroxyl groups is 12. The lowest BCUT2D eigenvalue weighted by atomic mass is 9.38. The fourth-order valence-electron chi connectivity index (χ4n) is 15.2. The summed E-state index contributed by atoms with van der Waals surface area (Å²) >= 11 is 0. The number of aliphatic hydroxyl groups excluding tert-OH is 12. The van der Waals surface area contributed by atoms with E-state index in [2.05, 4.69) is 33.8 Å². The van der Waals surface area contributed by atoms with E-state index in [0.717, 1.165) is 37.7 Å². The molecular formula is C51H86O20. The average molecular weight is 1020 g/mol. The zero-order valence-electron chi connectivity index (χ0n) is 42.3. The van der Waals surface area contributed by atoms with Crippen molar-refractivity contribution in [3.8, 4) is 0 Å². The standard InChI is InChI=1S/C51H86O20/c1-23(2)8-7-9-30(65-48-44(63)42(61)41(60)35(70-48)22-64-47-43(62)40(59)34(21-54)69-47)24-10-11-25-39(24)28(57)18-37-50(25,5)14-12-36-49(3,4)38(13-15-51(36,37)6)71-46-31(17-27(56)33(20-53)68-46)66-45-29(58)16-26(55)32(19-52)67-45/h8,24-48,52-63H,7,9-22H2,1-6H3/t24?,25?,26?,27-,28+,29?,30?,31?,32?,33?,34+,35?,36?,37?,38-,39?,40?,41+,42?,43?,44?,45+,46-,47-,48+,50-,51-/m0/s1. The molecule has 27 atom stereocenters. The maximum Gasteiger partial charge on any atom is 0.186 e. The lowest BCUT2D eigenvalue weighted by Gasteiger charge is -2.68. The highest BCUT2D eigenvalue weighted by Gasteiger charge is 2.67. The minimum Gasteiger partial charge on any atom is -0.394 e. The van der Waals surface area contributed by atoms with E-state index in [9.17, 15) is 61.3 Å². The van der Waals surface area contributed by atoms with Gasteiger partial charge in [0.25, 0.3) is 0 Å². The Hall–Kier alpha value is -1.06. The van der Waals surface area contributed by atoms with Crippen molar-refractivity contribution in [2.75, 3.05) is 26.4 Å². The quantitative estimate of drug-likeness (QED) is 0.0699. The van der Waals surface area contributed by atoms with E-state index in [1.807, 2.05) is 13.8 Å². The smallest absolute Gasteiger partial charge is 0.186 e. The molecule has 12 N–H and O–H groups in total. The van der Waals surface area contributed by atoms with E-state index in [1.54, 1.807) is 0 Å². The average Bonchev–Trinajstić information content (AvgIpc) is 3.90. The molecule has 0 amide bonds. The molecule has 20 heteroatoms. The maximum absolute atomic E-state index is 12.5. The number of rotatable bonds is 16. The molecule has 4 saturated carbocycles. The Balaban J connectivity index is 0.967. The largest absolute Gasteiger partial charge is 0.394 e. The second-order valence-corrected chi connectivity index (χ2v) is 23.8. The minimum atomic E-state index is -1.67. The summed E-state index contributed by atoms with van der Waals surface area (Å²) in [5, 5.41) is 128. The highest BCUT2D eigenvalue weighted by Crippen LogP contribution is 2.72. The number of fused-ring (bicyclic) bond motifs is 5. The van der Waals surface area contributed by atoms with Crippen LogP contribution < -0.4 is 0 Å². The first kappa shape index (κ1) is 56.2. The normalized spacial score (nSPS) is 51.2. The number of hydrogen-bond acceptors (Lipinski definition) is 20. The van der Waals surface area contributed by atoms with E-state index in [0.29, 0.717) is 25.7 Å². The Bertz CT molecular complexity index is 1770. The van der Waals surface area contributed by atoms with Gasteiger partial charge in [-0.05, 0) is 117 Å². The molecule has 4 aliphatic carbocycles. The molecule has 8 fully saturated rings. The first-order chi connectivity index (χ1) is 33.6. The summed E-state index contributed by atoms with van der Waals surface area (Å²) < 4.78 is 49.1. The van der Waals surface area contributed by atoms with E-state index in [1.165, 1.54) is 0 Å². The molecule has 0 aromatic heterocycles. The van der Waals surface area contributed by atoms with Crippen LogP contribution in [0.2, 0.25) is 0 Å². The number of allylic oxidation sites excluding steroid dienone is 2. The molecule has 0 radical (unpaired) electrons. The van der Waals surface area contributed by atoms with Crippen molar-refractivity contribution in [2.45, 2.75) is 235 Å². The van der Waals surface area contributed by atoms with Gasteiger partial charge in [0.2, 0.25) is 0 Å². The van der Waals surface area contributed by atoms with E-state index >= 15 is 0 Å². The first-order valence-corrected chi connectivity index (χ1v) is 26.4. The van der Waals surface area contributed by atoms with Gasteiger partial charge in [-0.15, -0.1) is 0 Å². The van der Waals surface area contributed by atoms with Gasteiger partial charge >= 0.3 is 0 Å². The van der Waals surface area contributed by atoms with Gasteiger partial charge in [0.1, 0.15) is 67.1 Å². The van der Waals surface area contributed by atoms with Crippen LogP contribution in [-0.4, -0.2) is 211 Å². The summed E-state index contributed by atoms with van der Waals surface area (Å²) in [7, 11) is 0. The third-order valence-electron chi connectivity index (χ3n) is 19.0. The lowest BCUT2D eigenvalue weighted by molar-refractivity contribution is -0.353. The van der Waals surface area contributed by atoms with Crippen LogP contribution in [0.5, 0.6) is 0 Å². The second-order valence-electron chi connectivity index (χ2n) is 23.8. The Kier molecular flexibility index (Phi) is 17.8. The third-order valence-corrected chi connectivity index (χ3v) is 19.0. The summed E-state index contributed by atoms with van der Waals surface area (Å²) in [5.41, 5.74) is 0.411. The maximum atomic E-state index is 12.5. The predicted molar refractivity (Wildman–Crippen MR) is 248 cm³/mol. The van der Waals surface area contributed by atoms with Crippen LogP contribution in [0.1, 0.15) is 112 Å². The highest BCUT2D eigenvalue weighted by molar-refractivity contribution is 5.16. The van der Waals surface area contributed by atoms with E-state index in [-0.39, 0.29) is 59.4 Å². The highest BCUT2D eigenvalue weighted by atomic mass is 16.8. The monoisotopic (exact) mass is 1020 g/mol. The van der Waals surface area contributed by atoms with Crippen LogP contribution in [-0.2, 0) is 37.9 Å². The molecule has 20 nitrogen and oxygen atoms in total. The molecule has 0 bridgehead atoms. The van der Waals surface area contributed by atoms with E-state index < -0.39 is 149 Å². The van der Waals surface area contributed by atoms with Crippen molar-refractivity contribution < 1.29 is 99.2 Å². The van der Waals surface area contributed by atoms with Crippen molar-refractivity contribution >= 4 is 0 Å². The van der Waals surface area contributed by atoms with Gasteiger partial charge in [-0.3, -0.25) is 0 Å². The summed E-state index contributed by atoms with van der Waals surface area (Å²) in [6.07, 6.45) is -13.9. The predicted octanol–water partition coefficient (Wildman–Crippen LogP) is -0.285. The van der Waals surface area contributed by atoms with Gasteiger partial charge in [0.05, 0.1) is 56.9 Å². The summed E-state index contributed by atoms with van der Waals surface area (Å²) in [6, 6.07) is 0. The minimum absolute atomic E-state index is 0.0299. The molecule has 4 heterocycles. The molecule has 16 unspecified atom stereocenters. The van der Waals surface area contributed by atoms with Crippen molar-refractivity contribution in [1.82, 2.24) is 0 Å². The molecule has 0 spiro atoms. The lowest BCUT2D eigenvalue weighted by Crippen LogP contribution is -2.64.